The molecule has 0 aromatic rings. The van der Waals surface area contributed by atoms with Gasteiger partial charge in [-0.1, -0.05) is 13.3 Å². The van der Waals surface area contributed by atoms with Crippen molar-refractivity contribution < 1.29 is 9.84 Å². The molecule has 2 unspecified atom stereocenters. The molecule has 0 amide bonds. The lowest BCUT2D eigenvalue weighted by Crippen LogP contribution is -2.45. The number of likely N-dealkylation sites (N-methyl/N-ethyl adjacent to an activating group) is 1. The number of nitrogens with zero attached hydrogens (tertiary/aromatic N) is 1. The maximum Gasteiger partial charge on any atom is 0.0960 e. The lowest BCUT2D eigenvalue weighted by atomic mass is 10.1. The van der Waals surface area contributed by atoms with Gasteiger partial charge >= 0.3 is 0 Å². The van der Waals surface area contributed by atoms with Gasteiger partial charge < -0.3 is 14.7 Å². The normalized spacial score (nSPS) is 28.8. The van der Waals surface area contributed by atoms with Crippen molar-refractivity contribution in [2.75, 3.05) is 26.7 Å². The molecule has 1 fully saturated rings. The van der Waals surface area contributed by atoms with Crippen LogP contribution >= 0.6 is 0 Å². The molecule has 12 heavy (non-hydrogen) atoms. The molecule has 1 N–H and O–H groups in total. The van der Waals surface area contributed by atoms with E-state index >= 15 is 0 Å². The van der Waals surface area contributed by atoms with Crippen molar-refractivity contribution in [3.63, 3.8) is 0 Å². The van der Waals surface area contributed by atoms with Crippen LogP contribution in [0.4, 0.5) is 0 Å². The standard InChI is InChI=1S/C9H19NO2/c1-3-4-8(11)9-7-10(2)5-6-12-9/h8-9,11H,3-7H2,1-2H3. The molecule has 3 nitrogen and oxygen atoms in total. The summed E-state index contributed by atoms with van der Waals surface area (Å²) in [5.74, 6) is 0. The first kappa shape index (κ1) is 9.96. The Balaban J connectivity index is 2.29. The molecule has 3 heteroatoms. The summed E-state index contributed by atoms with van der Waals surface area (Å²) in [6.45, 7) is 4.67. The van der Waals surface area contributed by atoms with Crippen molar-refractivity contribution in [1.82, 2.24) is 4.90 Å². The van der Waals surface area contributed by atoms with Crippen molar-refractivity contribution in [3.05, 3.63) is 0 Å². The molecule has 1 rings (SSSR count). The molecule has 0 saturated carbocycles. The molecule has 1 saturated heterocycles. The number of ether oxygens (including phenoxy) is 1. The van der Waals surface area contributed by atoms with Gasteiger partial charge in [0.2, 0.25) is 0 Å². The van der Waals surface area contributed by atoms with Gasteiger partial charge in [-0.3, -0.25) is 0 Å². The Morgan fingerprint density at radius 1 is 1.67 bits per heavy atom. The van der Waals surface area contributed by atoms with Gasteiger partial charge in [-0.2, -0.15) is 0 Å². The molecule has 0 aliphatic carbocycles. The summed E-state index contributed by atoms with van der Waals surface area (Å²) in [6, 6.07) is 0. The lowest BCUT2D eigenvalue weighted by Gasteiger charge is -2.32. The summed E-state index contributed by atoms with van der Waals surface area (Å²) in [5, 5.41) is 9.64. The third kappa shape index (κ3) is 2.73. The molecule has 0 radical (unpaired) electrons. The van der Waals surface area contributed by atoms with E-state index in [-0.39, 0.29) is 12.2 Å². The molecule has 0 bridgehead atoms. The topological polar surface area (TPSA) is 32.7 Å². The number of rotatable bonds is 3. The SMILES string of the molecule is CCCC(O)C1CN(C)CCO1. The zero-order valence-electron chi connectivity index (χ0n) is 7.99. The second kappa shape index (κ2) is 4.80. The zero-order valence-corrected chi connectivity index (χ0v) is 7.99. The average molecular weight is 173 g/mol. The highest BCUT2D eigenvalue weighted by Crippen LogP contribution is 2.11. The van der Waals surface area contributed by atoms with E-state index in [0.29, 0.717) is 0 Å². The summed E-state index contributed by atoms with van der Waals surface area (Å²) in [4.78, 5) is 2.20. The molecule has 1 heterocycles. The highest BCUT2D eigenvalue weighted by Gasteiger charge is 2.23. The minimum atomic E-state index is -0.280. The van der Waals surface area contributed by atoms with Crippen molar-refractivity contribution in [1.29, 1.82) is 0 Å². The van der Waals surface area contributed by atoms with Gasteiger partial charge in [-0.25, -0.2) is 0 Å². The Morgan fingerprint density at radius 2 is 2.42 bits per heavy atom. The van der Waals surface area contributed by atoms with E-state index in [1.807, 2.05) is 0 Å². The van der Waals surface area contributed by atoms with Gasteiger partial charge in [-0.05, 0) is 13.5 Å². The lowest BCUT2D eigenvalue weighted by molar-refractivity contribution is -0.0849. The maximum atomic E-state index is 9.64. The number of hydrogen-bond acceptors (Lipinski definition) is 3. The first-order chi connectivity index (χ1) is 5.74. The van der Waals surface area contributed by atoms with Crippen LogP contribution in [0.3, 0.4) is 0 Å². The van der Waals surface area contributed by atoms with E-state index < -0.39 is 0 Å². The van der Waals surface area contributed by atoms with Crippen LogP contribution in [-0.2, 0) is 4.74 Å². The highest BCUT2D eigenvalue weighted by atomic mass is 16.5. The minimum Gasteiger partial charge on any atom is -0.390 e. The van der Waals surface area contributed by atoms with Crippen molar-refractivity contribution in [2.24, 2.45) is 0 Å². The maximum absolute atomic E-state index is 9.64. The second-order valence-corrected chi connectivity index (χ2v) is 3.53. The van der Waals surface area contributed by atoms with Crippen molar-refractivity contribution >= 4 is 0 Å². The number of aliphatic hydroxyl groups is 1. The monoisotopic (exact) mass is 173 g/mol. The molecule has 1 aliphatic rings. The first-order valence-corrected chi connectivity index (χ1v) is 4.72. The minimum absolute atomic E-state index is 0.0312. The van der Waals surface area contributed by atoms with E-state index in [2.05, 4.69) is 18.9 Å². The Kier molecular flexibility index (Phi) is 3.98. The van der Waals surface area contributed by atoms with Crippen LogP contribution in [0.15, 0.2) is 0 Å². The average Bonchev–Trinajstić information content (AvgIpc) is 2.05. The van der Waals surface area contributed by atoms with Crippen molar-refractivity contribution in [3.8, 4) is 0 Å². The fraction of sp³-hybridized carbons (Fsp3) is 1.00. The Bertz CT molecular complexity index is 130. The van der Waals surface area contributed by atoms with Gasteiger partial charge in [0, 0.05) is 13.1 Å². The molecule has 0 aromatic heterocycles. The van der Waals surface area contributed by atoms with Crippen LogP contribution < -0.4 is 0 Å². The quantitative estimate of drug-likeness (QED) is 0.673. The van der Waals surface area contributed by atoms with Crippen molar-refractivity contribution in [2.45, 2.75) is 32.0 Å². The second-order valence-electron chi connectivity index (χ2n) is 3.53. The fourth-order valence-corrected chi connectivity index (χ4v) is 1.53. The first-order valence-electron chi connectivity index (χ1n) is 4.72. The molecule has 1 aliphatic heterocycles. The highest BCUT2D eigenvalue weighted by molar-refractivity contribution is 4.75. The number of morpholine rings is 1. The molecule has 0 aromatic carbocycles. The molecular formula is C9H19NO2. The molecular weight excluding hydrogens is 154 g/mol. The fourth-order valence-electron chi connectivity index (χ4n) is 1.53. The van der Waals surface area contributed by atoms with Gasteiger partial charge in [0.15, 0.2) is 0 Å². The summed E-state index contributed by atoms with van der Waals surface area (Å²) in [6.07, 6.45) is 1.62. The third-order valence-electron chi connectivity index (χ3n) is 2.31. The predicted molar refractivity (Wildman–Crippen MR) is 48.2 cm³/mol. The van der Waals surface area contributed by atoms with Crippen LogP contribution in [0.5, 0.6) is 0 Å². The van der Waals surface area contributed by atoms with Crippen LogP contribution in [0.25, 0.3) is 0 Å². The van der Waals surface area contributed by atoms with E-state index in [9.17, 15) is 5.11 Å². The van der Waals surface area contributed by atoms with E-state index in [1.54, 1.807) is 0 Å². The van der Waals surface area contributed by atoms with E-state index in [4.69, 9.17) is 4.74 Å². The Morgan fingerprint density at radius 3 is 3.00 bits per heavy atom. The summed E-state index contributed by atoms with van der Waals surface area (Å²) in [5.41, 5.74) is 0. The molecule has 2 atom stereocenters. The zero-order chi connectivity index (χ0) is 8.97. The van der Waals surface area contributed by atoms with E-state index in [1.165, 1.54) is 0 Å². The molecule has 72 valence electrons. The Hall–Kier alpha value is -0.120. The van der Waals surface area contributed by atoms with Gasteiger partial charge in [0.25, 0.3) is 0 Å². The third-order valence-corrected chi connectivity index (χ3v) is 2.31. The van der Waals surface area contributed by atoms with Gasteiger partial charge in [0.05, 0.1) is 18.8 Å². The summed E-state index contributed by atoms with van der Waals surface area (Å²) < 4.78 is 5.47. The smallest absolute Gasteiger partial charge is 0.0960 e. The summed E-state index contributed by atoms with van der Waals surface area (Å²) in [7, 11) is 2.06. The number of hydrogen-bond donors (Lipinski definition) is 1. The predicted octanol–water partition coefficient (Wildman–Crippen LogP) is 0.478. The largest absolute Gasteiger partial charge is 0.390 e. The van der Waals surface area contributed by atoms with Gasteiger partial charge in [0.1, 0.15) is 0 Å². The van der Waals surface area contributed by atoms with Crippen LogP contribution in [0.1, 0.15) is 19.8 Å². The number of aliphatic hydroxyl groups excluding tert-OH is 1. The summed E-state index contributed by atoms with van der Waals surface area (Å²) >= 11 is 0. The van der Waals surface area contributed by atoms with Gasteiger partial charge in [-0.15, -0.1) is 0 Å². The van der Waals surface area contributed by atoms with Crippen LogP contribution in [0, 0.1) is 0 Å². The van der Waals surface area contributed by atoms with Crippen LogP contribution in [0.2, 0.25) is 0 Å². The van der Waals surface area contributed by atoms with E-state index in [0.717, 1.165) is 32.5 Å². The Labute approximate surface area is 74.3 Å². The van der Waals surface area contributed by atoms with Crippen LogP contribution in [-0.4, -0.2) is 49.0 Å². The molecule has 0 spiro atoms.